The maximum absolute atomic E-state index is 13.8. The first-order valence-electron chi connectivity index (χ1n) is 6.14. The molecule has 0 unspecified atom stereocenters. The van der Waals surface area contributed by atoms with Crippen molar-refractivity contribution in [2.24, 2.45) is 0 Å². The zero-order valence-electron chi connectivity index (χ0n) is 11.4. The van der Waals surface area contributed by atoms with Crippen LogP contribution in [0.2, 0.25) is 0 Å². The van der Waals surface area contributed by atoms with Crippen molar-refractivity contribution in [3.63, 3.8) is 0 Å². The number of anilines is 1. The van der Waals surface area contributed by atoms with Gasteiger partial charge in [-0.2, -0.15) is 0 Å². The summed E-state index contributed by atoms with van der Waals surface area (Å²) in [5.41, 5.74) is 7.15. The summed E-state index contributed by atoms with van der Waals surface area (Å²) in [6, 6.07) is 9.48. The predicted octanol–water partition coefficient (Wildman–Crippen LogP) is 3.00. The van der Waals surface area contributed by atoms with Crippen molar-refractivity contribution in [1.29, 1.82) is 0 Å². The van der Waals surface area contributed by atoms with E-state index in [1.54, 1.807) is 31.2 Å². The first-order valence-corrected chi connectivity index (χ1v) is 7.79. The van der Waals surface area contributed by atoms with Gasteiger partial charge in [-0.1, -0.05) is 29.8 Å². The van der Waals surface area contributed by atoms with Crippen LogP contribution in [-0.2, 0) is 15.6 Å². The van der Waals surface area contributed by atoms with Crippen LogP contribution in [0.15, 0.2) is 41.3 Å². The summed E-state index contributed by atoms with van der Waals surface area (Å²) in [4.78, 5) is 0.227. The van der Waals surface area contributed by atoms with E-state index in [0.717, 1.165) is 5.56 Å². The summed E-state index contributed by atoms with van der Waals surface area (Å²) in [7, 11) is -3.60. The molecule has 0 aromatic heterocycles. The third-order valence-electron chi connectivity index (χ3n) is 3.12. The van der Waals surface area contributed by atoms with Crippen LogP contribution in [0.5, 0.6) is 0 Å². The third kappa shape index (κ3) is 2.82. The van der Waals surface area contributed by atoms with Gasteiger partial charge >= 0.3 is 0 Å². The highest BCUT2D eigenvalue weighted by molar-refractivity contribution is 7.90. The number of benzene rings is 2. The quantitative estimate of drug-likeness (QED) is 0.885. The summed E-state index contributed by atoms with van der Waals surface area (Å²) < 4.78 is 38.6. The zero-order chi connectivity index (χ0) is 14.9. The van der Waals surface area contributed by atoms with Crippen molar-refractivity contribution in [2.75, 3.05) is 5.73 Å². The fourth-order valence-corrected chi connectivity index (χ4v) is 3.75. The number of nitrogens with two attached hydrogens (primary N) is 1. The molecule has 106 valence electrons. The normalized spacial score (nSPS) is 11.6. The van der Waals surface area contributed by atoms with E-state index in [1.807, 2.05) is 6.92 Å². The number of halogens is 1. The van der Waals surface area contributed by atoms with Gasteiger partial charge in [0.2, 0.25) is 0 Å². The number of aryl methyl sites for hydroxylation is 2. The van der Waals surface area contributed by atoms with Gasteiger partial charge in [0.25, 0.3) is 0 Å². The highest BCUT2D eigenvalue weighted by Crippen LogP contribution is 2.24. The zero-order valence-corrected chi connectivity index (χ0v) is 12.2. The average molecular weight is 293 g/mol. The number of hydrogen-bond donors (Lipinski definition) is 1. The van der Waals surface area contributed by atoms with Gasteiger partial charge in [-0.25, -0.2) is 12.8 Å². The Morgan fingerprint density at radius 2 is 1.85 bits per heavy atom. The van der Waals surface area contributed by atoms with E-state index in [-0.39, 0.29) is 16.1 Å². The molecule has 0 fully saturated rings. The molecular formula is C15H16FNO2S. The van der Waals surface area contributed by atoms with Gasteiger partial charge in [0, 0.05) is 5.56 Å². The fourth-order valence-electron chi connectivity index (χ4n) is 2.14. The molecule has 0 aliphatic heterocycles. The maximum Gasteiger partial charge on any atom is 0.182 e. The van der Waals surface area contributed by atoms with E-state index < -0.39 is 21.4 Å². The molecule has 0 spiro atoms. The second kappa shape index (κ2) is 5.25. The minimum atomic E-state index is -3.60. The SMILES string of the molecule is Cc1ccc(S(=O)(=O)Cc2cccc(N)c2F)c(C)c1. The van der Waals surface area contributed by atoms with Crippen molar-refractivity contribution >= 4 is 15.5 Å². The van der Waals surface area contributed by atoms with Gasteiger partial charge in [0.15, 0.2) is 9.84 Å². The monoisotopic (exact) mass is 293 g/mol. The van der Waals surface area contributed by atoms with Gasteiger partial charge in [0.1, 0.15) is 5.82 Å². The highest BCUT2D eigenvalue weighted by Gasteiger charge is 2.20. The summed E-state index contributed by atoms with van der Waals surface area (Å²) in [6.07, 6.45) is 0. The molecule has 0 bridgehead atoms. The van der Waals surface area contributed by atoms with Crippen LogP contribution < -0.4 is 5.73 Å². The second-order valence-electron chi connectivity index (χ2n) is 4.85. The Kier molecular flexibility index (Phi) is 3.81. The van der Waals surface area contributed by atoms with E-state index in [4.69, 9.17) is 5.73 Å². The third-order valence-corrected chi connectivity index (χ3v) is 4.94. The van der Waals surface area contributed by atoms with Gasteiger partial charge in [-0.05, 0) is 31.5 Å². The second-order valence-corrected chi connectivity index (χ2v) is 6.81. The lowest BCUT2D eigenvalue weighted by Crippen LogP contribution is -2.09. The lowest BCUT2D eigenvalue weighted by atomic mass is 10.2. The van der Waals surface area contributed by atoms with Crippen molar-refractivity contribution in [1.82, 2.24) is 0 Å². The van der Waals surface area contributed by atoms with Crippen LogP contribution in [0.1, 0.15) is 16.7 Å². The molecule has 0 atom stereocenters. The Labute approximate surface area is 118 Å². The molecule has 5 heteroatoms. The van der Waals surface area contributed by atoms with Crippen LogP contribution in [0.4, 0.5) is 10.1 Å². The standard InChI is InChI=1S/C15H16FNO2S/c1-10-6-7-14(11(2)8-10)20(18,19)9-12-4-3-5-13(17)15(12)16/h3-8H,9,17H2,1-2H3. The summed E-state index contributed by atoms with van der Waals surface area (Å²) in [5, 5.41) is 0. The Bertz CT molecular complexity index is 754. The Morgan fingerprint density at radius 3 is 2.50 bits per heavy atom. The van der Waals surface area contributed by atoms with E-state index >= 15 is 0 Å². The Hall–Kier alpha value is -1.88. The van der Waals surface area contributed by atoms with Gasteiger partial charge in [-0.3, -0.25) is 0 Å². The van der Waals surface area contributed by atoms with E-state index in [0.29, 0.717) is 5.56 Å². The molecule has 0 saturated heterocycles. The van der Waals surface area contributed by atoms with Crippen LogP contribution >= 0.6 is 0 Å². The Morgan fingerprint density at radius 1 is 1.15 bits per heavy atom. The molecule has 0 heterocycles. The Balaban J connectivity index is 2.44. The van der Waals surface area contributed by atoms with Crippen LogP contribution in [0.25, 0.3) is 0 Å². The van der Waals surface area contributed by atoms with Crippen molar-refractivity contribution in [2.45, 2.75) is 24.5 Å². The van der Waals surface area contributed by atoms with E-state index in [9.17, 15) is 12.8 Å². The number of sulfone groups is 1. The van der Waals surface area contributed by atoms with Gasteiger partial charge in [-0.15, -0.1) is 0 Å². The summed E-state index contributed by atoms with van der Waals surface area (Å²) in [5.74, 6) is -1.06. The molecule has 0 amide bonds. The number of nitrogen functional groups attached to an aromatic ring is 1. The average Bonchev–Trinajstić information content (AvgIpc) is 2.34. The van der Waals surface area contributed by atoms with Crippen LogP contribution in [0.3, 0.4) is 0 Å². The van der Waals surface area contributed by atoms with Crippen LogP contribution in [0, 0.1) is 19.7 Å². The molecule has 20 heavy (non-hydrogen) atoms. The molecule has 0 aliphatic rings. The molecule has 2 aromatic carbocycles. The molecular weight excluding hydrogens is 277 g/mol. The molecule has 2 N–H and O–H groups in total. The number of hydrogen-bond acceptors (Lipinski definition) is 3. The van der Waals surface area contributed by atoms with Crippen molar-refractivity contribution in [3.8, 4) is 0 Å². The lowest BCUT2D eigenvalue weighted by molar-refractivity contribution is 0.587. The first-order chi connectivity index (χ1) is 9.31. The fraction of sp³-hybridized carbons (Fsp3) is 0.200. The van der Waals surface area contributed by atoms with Crippen molar-refractivity contribution < 1.29 is 12.8 Å². The molecule has 0 aliphatic carbocycles. The van der Waals surface area contributed by atoms with Crippen LogP contribution in [-0.4, -0.2) is 8.42 Å². The summed E-state index contributed by atoms with van der Waals surface area (Å²) in [6.45, 7) is 3.62. The molecule has 3 nitrogen and oxygen atoms in total. The minimum Gasteiger partial charge on any atom is -0.396 e. The summed E-state index contributed by atoms with van der Waals surface area (Å²) >= 11 is 0. The topological polar surface area (TPSA) is 60.2 Å². The molecule has 2 rings (SSSR count). The number of rotatable bonds is 3. The van der Waals surface area contributed by atoms with E-state index in [1.165, 1.54) is 12.1 Å². The first kappa shape index (κ1) is 14.5. The molecule has 2 aromatic rings. The highest BCUT2D eigenvalue weighted by atomic mass is 32.2. The smallest absolute Gasteiger partial charge is 0.182 e. The molecule has 0 radical (unpaired) electrons. The van der Waals surface area contributed by atoms with Gasteiger partial charge in [0.05, 0.1) is 16.3 Å². The van der Waals surface area contributed by atoms with Crippen molar-refractivity contribution in [3.05, 3.63) is 58.9 Å². The lowest BCUT2D eigenvalue weighted by Gasteiger charge is -2.10. The minimum absolute atomic E-state index is 0.0432. The van der Waals surface area contributed by atoms with Gasteiger partial charge < -0.3 is 5.73 Å². The molecule has 0 saturated carbocycles. The predicted molar refractivity (Wildman–Crippen MR) is 77.6 cm³/mol. The largest absolute Gasteiger partial charge is 0.396 e. The van der Waals surface area contributed by atoms with E-state index in [2.05, 4.69) is 0 Å². The maximum atomic E-state index is 13.8.